The van der Waals surface area contributed by atoms with Gasteiger partial charge < -0.3 is 9.64 Å². The van der Waals surface area contributed by atoms with E-state index in [1.807, 2.05) is 29.2 Å². The minimum absolute atomic E-state index is 0.157. The molecule has 0 aromatic heterocycles. The standard InChI is InChI=1S/C12H13ClN2O2S/c1-8(2)17-12(16)14-11-15(7-18-11)10-5-3-9(13)4-6-10/h3-6,8H,7H2,1-2H3/b14-11+. The smallest absolute Gasteiger partial charge is 0.436 e. The highest BCUT2D eigenvalue weighted by atomic mass is 35.5. The largest absolute Gasteiger partial charge is 0.445 e. The van der Waals surface area contributed by atoms with Gasteiger partial charge in [0.25, 0.3) is 0 Å². The van der Waals surface area contributed by atoms with Gasteiger partial charge in [0.2, 0.25) is 0 Å². The van der Waals surface area contributed by atoms with E-state index < -0.39 is 6.09 Å². The zero-order valence-corrected chi connectivity index (χ0v) is 11.7. The van der Waals surface area contributed by atoms with Crippen LogP contribution in [0.15, 0.2) is 29.3 Å². The summed E-state index contributed by atoms with van der Waals surface area (Å²) >= 11 is 7.34. The summed E-state index contributed by atoms with van der Waals surface area (Å²) in [5.74, 6) is 0.773. The van der Waals surface area contributed by atoms with Crippen molar-refractivity contribution in [1.29, 1.82) is 0 Å². The number of amides is 1. The van der Waals surface area contributed by atoms with E-state index in [9.17, 15) is 4.79 Å². The number of carbonyl (C=O) groups is 1. The molecule has 1 aromatic rings. The van der Waals surface area contributed by atoms with Gasteiger partial charge in [0, 0.05) is 10.7 Å². The molecule has 0 N–H and O–H groups in total. The molecular formula is C12H13ClN2O2S. The molecular weight excluding hydrogens is 272 g/mol. The topological polar surface area (TPSA) is 41.9 Å². The first-order valence-electron chi connectivity index (χ1n) is 5.51. The van der Waals surface area contributed by atoms with Crippen LogP contribution < -0.4 is 4.90 Å². The van der Waals surface area contributed by atoms with Crippen molar-refractivity contribution in [2.75, 3.05) is 10.8 Å². The Morgan fingerprint density at radius 2 is 2.11 bits per heavy atom. The molecule has 1 aliphatic heterocycles. The number of carbonyl (C=O) groups excluding carboxylic acids is 1. The van der Waals surface area contributed by atoms with Gasteiger partial charge in [-0.05, 0) is 38.1 Å². The molecule has 0 unspecified atom stereocenters. The molecule has 1 heterocycles. The predicted octanol–water partition coefficient (Wildman–Crippen LogP) is 3.75. The van der Waals surface area contributed by atoms with Crippen molar-refractivity contribution in [3.05, 3.63) is 29.3 Å². The summed E-state index contributed by atoms with van der Waals surface area (Å²) in [6, 6.07) is 7.41. The number of aliphatic imine (C=N–C) groups is 1. The van der Waals surface area contributed by atoms with E-state index in [-0.39, 0.29) is 6.10 Å². The number of hydrogen-bond acceptors (Lipinski definition) is 3. The molecule has 1 saturated heterocycles. The maximum atomic E-state index is 11.4. The summed E-state index contributed by atoms with van der Waals surface area (Å²) in [6.07, 6.45) is -0.706. The first-order valence-corrected chi connectivity index (χ1v) is 6.88. The van der Waals surface area contributed by atoms with Crippen molar-refractivity contribution < 1.29 is 9.53 Å². The second-order valence-electron chi connectivity index (χ2n) is 4.00. The van der Waals surface area contributed by atoms with Crippen LogP contribution in [0.25, 0.3) is 0 Å². The lowest BCUT2D eigenvalue weighted by Gasteiger charge is -2.33. The fourth-order valence-electron chi connectivity index (χ4n) is 1.39. The van der Waals surface area contributed by atoms with Crippen LogP contribution in [0.1, 0.15) is 13.8 Å². The fraction of sp³-hybridized carbons (Fsp3) is 0.333. The van der Waals surface area contributed by atoms with E-state index in [1.54, 1.807) is 13.8 Å². The van der Waals surface area contributed by atoms with Crippen molar-refractivity contribution in [3.63, 3.8) is 0 Å². The van der Waals surface area contributed by atoms with Gasteiger partial charge >= 0.3 is 6.09 Å². The molecule has 0 bridgehead atoms. The van der Waals surface area contributed by atoms with Crippen molar-refractivity contribution in [3.8, 4) is 0 Å². The number of halogens is 1. The van der Waals surface area contributed by atoms with E-state index in [0.717, 1.165) is 11.6 Å². The molecule has 1 aromatic carbocycles. The molecule has 96 valence electrons. The Morgan fingerprint density at radius 3 is 2.61 bits per heavy atom. The Bertz CT molecular complexity index is 473. The number of amidine groups is 1. The second kappa shape index (κ2) is 5.63. The summed E-state index contributed by atoms with van der Waals surface area (Å²) in [7, 11) is 0. The normalized spacial score (nSPS) is 16.9. The van der Waals surface area contributed by atoms with Crippen LogP contribution in [-0.4, -0.2) is 23.2 Å². The summed E-state index contributed by atoms with van der Waals surface area (Å²) in [5.41, 5.74) is 0.967. The van der Waals surface area contributed by atoms with Gasteiger partial charge in [-0.15, -0.1) is 0 Å². The third kappa shape index (κ3) is 3.17. The quantitative estimate of drug-likeness (QED) is 0.829. The van der Waals surface area contributed by atoms with Crippen LogP contribution in [-0.2, 0) is 4.74 Å². The molecule has 0 aliphatic carbocycles. The minimum atomic E-state index is -0.550. The van der Waals surface area contributed by atoms with E-state index >= 15 is 0 Å². The summed E-state index contributed by atoms with van der Waals surface area (Å²) in [6.45, 7) is 3.59. The summed E-state index contributed by atoms with van der Waals surface area (Å²) < 4.78 is 4.97. The Kier molecular flexibility index (Phi) is 4.14. The number of nitrogens with zero attached hydrogens (tertiary/aromatic N) is 2. The average molecular weight is 285 g/mol. The number of anilines is 1. The lowest BCUT2D eigenvalue weighted by atomic mass is 10.3. The second-order valence-corrected chi connectivity index (χ2v) is 5.35. The monoisotopic (exact) mass is 284 g/mol. The highest BCUT2D eigenvalue weighted by Gasteiger charge is 2.26. The van der Waals surface area contributed by atoms with E-state index in [0.29, 0.717) is 10.2 Å². The van der Waals surface area contributed by atoms with E-state index in [1.165, 1.54) is 11.8 Å². The summed E-state index contributed by atoms with van der Waals surface area (Å²) in [5, 5.41) is 1.34. The van der Waals surface area contributed by atoms with Gasteiger partial charge in [-0.3, -0.25) is 0 Å². The van der Waals surface area contributed by atoms with Gasteiger partial charge in [0.15, 0.2) is 5.17 Å². The lowest BCUT2D eigenvalue weighted by Crippen LogP contribution is -2.39. The Hall–Kier alpha value is -1.20. The highest BCUT2D eigenvalue weighted by Crippen LogP contribution is 2.30. The van der Waals surface area contributed by atoms with Gasteiger partial charge in [-0.25, -0.2) is 4.79 Å². The van der Waals surface area contributed by atoms with Crippen LogP contribution in [0.4, 0.5) is 10.5 Å². The van der Waals surface area contributed by atoms with Gasteiger partial charge in [-0.1, -0.05) is 23.4 Å². The number of rotatable bonds is 2. The molecule has 0 atom stereocenters. The first kappa shape index (κ1) is 13.2. The Labute approximate surface area is 115 Å². The molecule has 6 heteroatoms. The predicted molar refractivity (Wildman–Crippen MR) is 75.4 cm³/mol. The Morgan fingerprint density at radius 1 is 1.44 bits per heavy atom. The van der Waals surface area contributed by atoms with Crippen LogP contribution in [0, 0.1) is 0 Å². The van der Waals surface area contributed by atoms with Crippen molar-refractivity contribution in [1.82, 2.24) is 0 Å². The highest BCUT2D eigenvalue weighted by molar-refractivity contribution is 8.16. The van der Waals surface area contributed by atoms with E-state index in [2.05, 4.69) is 4.99 Å². The lowest BCUT2D eigenvalue weighted by molar-refractivity contribution is 0.126. The minimum Gasteiger partial charge on any atom is -0.445 e. The molecule has 1 aliphatic rings. The first-order chi connectivity index (χ1) is 8.56. The zero-order valence-electron chi connectivity index (χ0n) is 10.1. The number of hydrogen-bond donors (Lipinski definition) is 0. The molecule has 0 spiro atoms. The molecule has 0 saturated carbocycles. The van der Waals surface area contributed by atoms with E-state index in [4.69, 9.17) is 16.3 Å². The third-order valence-corrected chi connectivity index (χ3v) is 3.42. The number of benzene rings is 1. The van der Waals surface area contributed by atoms with Crippen LogP contribution in [0.3, 0.4) is 0 Å². The molecule has 1 amide bonds. The zero-order chi connectivity index (χ0) is 13.1. The number of thioether (sulfide) groups is 1. The average Bonchev–Trinajstić information content (AvgIpc) is 2.27. The van der Waals surface area contributed by atoms with Crippen LogP contribution in [0.5, 0.6) is 0 Å². The number of ether oxygens (including phenoxy) is 1. The van der Waals surface area contributed by atoms with Crippen molar-refractivity contribution in [2.45, 2.75) is 20.0 Å². The molecule has 4 nitrogen and oxygen atoms in total. The maximum absolute atomic E-state index is 11.4. The molecule has 1 fully saturated rings. The van der Waals surface area contributed by atoms with Crippen molar-refractivity contribution >= 4 is 40.3 Å². The van der Waals surface area contributed by atoms with Crippen LogP contribution in [0.2, 0.25) is 5.02 Å². The van der Waals surface area contributed by atoms with Crippen LogP contribution >= 0.6 is 23.4 Å². The Balaban J connectivity index is 2.06. The van der Waals surface area contributed by atoms with Gasteiger partial charge in [-0.2, -0.15) is 4.99 Å². The van der Waals surface area contributed by atoms with Gasteiger partial charge in [0.1, 0.15) is 0 Å². The van der Waals surface area contributed by atoms with Crippen molar-refractivity contribution in [2.24, 2.45) is 4.99 Å². The van der Waals surface area contributed by atoms with Gasteiger partial charge in [0.05, 0.1) is 12.0 Å². The molecule has 18 heavy (non-hydrogen) atoms. The summed E-state index contributed by atoms with van der Waals surface area (Å²) in [4.78, 5) is 17.3. The SMILES string of the molecule is CC(C)OC(=O)/N=C1/SCN1c1ccc(Cl)cc1. The third-order valence-electron chi connectivity index (χ3n) is 2.22. The molecule has 2 rings (SSSR count). The maximum Gasteiger partial charge on any atom is 0.436 e. The molecule has 0 radical (unpaired) electrons. The fourth-order valence-corrected chi connectivity index (χ4v) is 2.28.